The molecule has 1 aliphatic rings. The fraction of sp³-hybridized carbons (Fsp3) is 0.194. The molecule has 7 heteroatoms. The fourth-order valence-electron chi connectivity index (χ4n) is 5.68. The lowest BCUT2D eigenvalue weighted by Gasteiger charge is -2.32. The zero-order valence-corrected chi connectivity index (χ0v) is 23.9. The number of carbonyl (C=O) groups is 2. The van der Waals surface area contributed by atoms with Gasteiger partial charge in [0, 0.05) is 24.0 Å². The van der Waals surface area contributed by atoms with Gasteiger partial charge in [-0.2, -0.15) is 0 Å². The SMILES string of the molecule is O=C(NNc1ccccc1)c1c(CC2CCN(C(=O)OCc3ccccc3)CC2)c(-c2ccccc2)nc2ccccc12. The predicted octanol–water partition coefficient (Wildman–Crippen LogP) is 7.25. The van der Waals surface area contributed by atoms with Crippen molar-refractivity contribution in [3.8, 4) is 11.3 Å². The number of benzene rings is 4. The number of nitrogens with one attached hydrogen (secondary N) is 2. The van der Waals surface area contributed by atoms with Crippen molar-refractivity contribution in [2.75, 3.05) is 18.5 Å². The monoisotopic (exact) mass is 570 g/mol. The number of hydrazine groups is 1. The second kappa shape index (κ2) is 13.2. The molecule has 0 atom stereocenters. The number of hydrogen-bond acceptors (Lipinski definition) is 5. The molecule has 1 aliphatic heterocycles. The number of rotatable bonds is 8. The minimum absolute atomic E-state index is 0.212. The number of aromatic nitrogens is 1. The zero-order valence-electron chi connectivity index (χ0n) is 23.9. The summed E-state index contributed by atoms with van der Waals surface area (Å²) < 4.78 is 5.58. The maximum absolute atomic E-state index is 13.9. The number of hydrogen-bond donors (Lipinski definition) is 2. The van der Waals surface area contributed by atoms with Gasteiger partial charge in [0.25, 0.3) is 5.91 Å². The Morgan fingerprint density at radius 1 is 0.791 bits per heavy atom. The highest BCUT2D eigenvalue weighted by molar-refractivity contribution is 6.09. The van der Waals surface area contributed by atoms with E-state index in [-0.39, 0.29) is 24.5 Å². The van der Waals surface area contributed by atoms with Crippen LogP contribution in [0.25, 0.3) is 22.2 Å². The Morgan fingerprint density at radius 3 is 2.14 bits per heavy atom. The number of anilines is 1. The minimum atomic E-state index is -0.285. The van der Waals surface area contributed by atoms with Gasteiger partial charge in [-0.25, -0.2) is 9.78 Å². The van der Waals surface area contributed by atoms with Crippen molar-refractivity contribution in [1.29, 1.82) is 0 Å². The van der Waals surface area contributed by atoms with E-state index in [1.54, 1.807) is 4.90 Å². The Hall–Kier alpha value is -5.17. The van der Waals surface area contributed by atoms with Crippen molar-refractivity contribution in [2.45, 2.75) is 25.9 Å². The molecule has 1 saturated heterocycles. The van der Waals surface area contributed by atoms with Crippen molar-refractivity contribution in [3.05, 3.63) is 132 Å². The maximum Gasteiger partial charge on any atom is 0.410 e. The third kappa shape index (κ3) is 6.67. The van der Waals surface area contributed by atoms with Gasteiger partial charge in [-0.1, -0.05) is 97.1 Å². The molecule has 1 fully saturated rings. The van der Waals surface area contributed by atoms with Gasteiger partial charge in [0.05, 0.1) is 22.5 Å². The summed E-state index contributed by atoms with van der Waals surface area (Å²) in [5, 5.41) is 0.812. The van der Waals surface area contributed by atoms with Crippen LogP contribution >= 0.6 is 0 Å². The smallest absolute Gasteiger partial charge is 0.410 e. The largest absolute Gasteiger partial charge is 0.445 e. The van der Waals surface area contributed by atoms with Gasteiger partial charge in [0.2, 0.25) is 0 Å². The molecule has 0 unspecified atom stereocenters. The molecule has 216 valence electrons. The number of likely N-dealkylation sites (tertiary alicyclic amines) is 1. The fourth-order valence-corrected chi connectivity index (χ4v) is 5.68. The van der Waals surface area contributed by atoms with E-state index < -0.39 is 0 Å². The minimum Gasteiger partial charge on any atom is -0.445 e. The molecule has 0 spiro atoms. The molecule has 1 aromatic heterocycles. The van der Waals surface area contributed by atoms with Crippen LogP contribution in [0.15, 0.2) is 115 Å². The Kier molecular flexibility index (Phi) is 8.59. The van der Waals surface area contributed by atoms with Gasteiger partial charge in [0.15, 0.2) is 0 Å². The normalized spacial score (nSPS) is 13.4. The molecule has 6 rings (SSSR count). The maximum atomic E-state index is 13.9. The van der Waals surface area contributed by atoms with Crippen LogP contribution in [0, 0.1) is 5.92 Å². The number of pyridine rings is 1. The number of fused-ring (bicyclic) bond motifs is 1. The number of para-hydroxylation sites is 2. The van der Waals surface area contributed by atoms with Crippen molar-refractivity contribution in [2.24, 2.45) is 5.92 Å². The molecule has 0 radical (unpaired) electrons. The summed E-state index contributed by atoms with van der Waals surface area (Å²) in [5.74, 6) is 0.0637. The first kappa shape index (κ1) is 28.0. The highest BCUT2D eigenvalue weighted by atomic mass is 16.6. The summed E-state index contributed by atoms with van der Waals surface area (Å²) in [5.41, 5.74) is 11.8. The molecule has 5 aromatic rings. The van der Waals surface area contributed by atoms with Crippen LogP contribution in [-0.2, 0) is 17.8 Å². The van der Waals surface area contributed by atoms with Crippen LogP contribution in [0.4, 0.5) is 10.5 Å². The van der Waals surface area contributed by atoms with E-state index in [1.807, 2.05) is 115 Å². The molecule has 7 nitrogen and oxygen atoms in total. The van der Waals surface area contributed by atoms with E-state index in [9.17, 15) is 9.59 Å². The second-order valence-corrected chi connectivity index (χ2v) is 10.8. The molecular formula is C36H34N4O3. The number of ether oxygens (including phenoxy) is 1. The lowest BCUT2D eigenvalue weighted by Crippen LogP contribution is -2.39. The van der Waals surface area contributed by atoms with Crippen molar-refractivity contribution in [1.82, 2.24) is 15.3 Å². The Labute approximate surface area is 251 Å². The first-order chi connectivity index (χ1) is 21.2. The van der Waals surface area contributed by atoms with Gasteiger partial charge in [-0.3, -0.25) is 15.6 Å². The molecule has 2 heterocycles. The highest BCUT2D eigenvalue weighted by Gasteiger charge is 2.28. The molecule has 4 aromatic carbocycles. The predicted molar refractivity (Wildman–Crippen MR) is 169 cm³/mol. The van der Waals surface area contributed by atoms with Crippen LogP contribution in [0.5, 0.6) is 0 Å². The third-order valence-electron chi connectivity index (χ3n) is 7.93. The quantitative estimate of drug-likeness (QED) is 0.192. The summed E-state index contributed by atoms with van der Waals surface area (Å²) in [6.45, 7) is 1.48. The van der Waals surface area contributed by atoms with Crippen molar-refractivity contribution < 1.29 is 14.3 Å². The summed E-state index contributed by atoms with van der Waals surface area (Å²) >= 11 is 0. The van der Waals surface area contributed by atoms with Gasteiger partial charge < -0.3 is 9.64 Å². The number of piperidine rings is 1. The van der Waals surface area contributed by atoms with Gasteiger partial charge >= 0.3 is 6.09 Å². The van der Waals surface area contributed by atoms with Crippen molar-refractivity contribution >= 4 is 28.6 Å². The topological polar surface area (TPSA) is 83.6 Å². The highest BCUT2D eigenvalue weighted by Crippen LogP contribution is 2.34. The van der Waals surface area contributed by atoms with E-state index in [0.29, 0.717) is 25.1 Å². The molecule has 2 amide bonds. The summed E-state index contributed by atoms with van der Waals surface area (Å²) in [4.78, 5) is 33.6. The number of carbonyl (C=O) groups excluding carboxylic acids is 2. The van der Waals surface area contributed by atoms with E-state index in [4.69, 9.17) is 9.72 Å². The molecule has 0 bridgehead atoms. The van der Waals surface area contributed by atoms with Crippen LogP contribution < -0.4 is 10.9 Å². The number of amides is 2. The van der Waals surface area contributed by atoms with Gasteiger partial charge in [0.1, 0.15) is 6.61 Å². The Balaban J connectivity index is 1.26. The van der Waals surface area contributed by atoms with E-state index >= 15 is 0 Å². The standard InChI is InChI=1S/C36H34N4O3/c41-35(39-38-29-16-8-3-9-17-29)33-30-18-10-11-19-32(30)37-34(28-14-6-2-7-15-28)31(33)24-26-20-22-40(23-21-26)36(42)43-25-27-12-4-1-5-13-27/h1-19,26,38H,20-25H2,(H,39,41). The lowest BCUT2D eigenvalue weighted by atomic mass is 9.85. The van der Waals surface area contributed by atoms with E-state index in [2.05, 4.69) is 10.9 Å². The lowest BCUT2D eigenvalue weighted by molar-refractivity contribution is 0.0823. The van der Waals surface area contributed by atoms with E-state index in [1.165, 1.54) is 0 Å². The molecule has 43 heavy (non-hydrogen) atoms. The van der Waals surface area contributed by atoms with Crippen LogP contribution in [0.2, 0.25) is 0 Å². The van der Waals surface area contributed by atoms with E-state index in [0.717, 1.165) is 51.8 Å². The van der Waals surface area contributed by atoms with Crippen molar-refractivity contribution in [3.63, 3.8) is 0 Å². The summed E-state index contributed by atoms with van der Waals surface area (Å²) in [6, 6.07) is 37.1. The Morgan fingerprint density at radius 2 is 1.42 bits per heavy atom. The third-order valence-corrected chi connectivity index (χ3v) is 7.93. The van der Waals surface area contributed by atoms with Crippen LogP contribution in [0.1, 0.15) is 34.3 Å². The molecular weight excluding hydrogens is 536 g/mol. The van der Waals surface area contributed by atoms with Crippen LogP contribution in [-0.4, -0.2) is 35.0 Å². The summed E-state index contributed by atoms with van der Waals surface area (Å²) in [6.07, 6.45) is 2.00. The molecule has 2 N–H and O–H groups in total. The van der Waals surface area contributed by atoms with Gasteiger partial charge in [-0.15, -0.1) is 0 Å². The first-order valence-electron chi connectivity index (χ1n) is 14.7. The zero-order chi connectivity index (χ0) is 29.4. The van der Waals surface area contributed by atoms with Crippen LogP contribution in [0.3, 0.4) is 0 Å². The average Bonchev–Trinajstić information content (AvgIpc) is 3.07. The molecule has 0 saturated carbocycles. The molecule has 0 aliphatic carbocycles. The Bertz CT molecular complexity index is 1690. The van der Waals surface area contributed by atoms with Gasteiger partial charge in [-0.05, 0) is 54.5 Å². The first-order valence-corrected chi connectivity index (χ1v) is 14.7. The average molecular weight is 571 g/mol. The second-order valence-electron chi connectivity index (χ2n) is 10.8. The number of nitrogens with zero attached hydrogens (tertiary/aromatic N) is 2. The summed E-state index contributed by atoms with van der Waals surface area (Å²) in [7, 11) is 0.